The Hall–Kier alpha value is -0.610. The van der Waals surface area contributed by atoms with Gasteiger partial charge in [0.15, 0.2) is 0 Å². The average molecular weight is 268 g/mol. The lowest BCUT2D eigenvalue weighted by molar-refractivity contribution is -0.149. The quantitative estimate of drug-likeness (QED) is 0.793. The zero-order valence-electron chi connectivity index (χ0n) is 12.4. The largest absolute Gasteiger partial charge is 0.465 e. The van der Waals surface area contributed by atoms with E-state index in [4.69, 9.17) is 10.5 Å². The molecule has 0 aromatic rings. The molecule has 2 aliphatic rings. The molecule has 0 amide bonds. The summed E-state index contributed by atoms with van der Waals surface area (Å²) >= 11 is 0. The van der Waals surface area contributed by atoms with E-state index in [0.717, 1.165) is 19.3 Å². The standard InChI is InChI=1S/C15H28N2O2/c1-3-12-7-5-6-10-17(12)13-8-9-15(16,11-13)14(18)19-4-2/h12-13H,3-11,16H2,1-2H3. The molecule has 1 saturated carbocycles. The van der Waals surface area contributed by atoms with Crippen molar-refractivity contribution >= 4 is 5.97 Å². The first-order valence-corrected chi connectivity index (χ1v) is 7.82. The number of likely N-dealkylation sites (tertiary alicyclic amines) is 1. The molecule has 0 aromatic heterocycles. The fraction of sp³-hybridized carbons (Fsp3) is 0.933. The van der Waals surface area contributed by atoms with Gasteiger partial charge >= 0.3 is 5.97 Å². The minimum absolute atomic E-state index is 0.206. The molecule has 3 unspecified atom stereocenters. The maximum Gasteiger partial charge on any atom is 0.326 e. The van der Waals surface area contributed by atoms with Crippen molar-refractivity contribution in [1.29, 1.82) is 0 Å². The SMILES string of the molecule is CCOC(=O)C1(N)CCC(N2CCCCC2CC)C1. The van der Waals surface area contributed by atoms with Crippen molar-refractivity contribution in [1.82, 2.24) is 4.90 Å². The predicted octanol–water partition coefficient (Wildman–Crippen LogP) is 2.06. The van der Waals surface area contributed by atoms with Gasteiger partial charge in [-0.05, 0) is 52.0 Å². The molecule has 110 valence electrons. The van der Waals surface area contributed by atoms with Crippen LogP contribution in [0.3, 0.4) is 0 Å². The number of rotatable bonds is 4. The monoisotopic (exact) mass is 268 g/mol. The van der Waals surface area contributed by atoms with Crippen molar-refractivity contribution in [2.45, 2.75) is 76.4 Å². The van der Waals surface area contributed by atoms with E-state index in [2.05, 4.69) is 11.8 Å². The predicted molar refractivity (Wildman–Crippen MR) is 75.8 cm³/mol. The molecule has 1 aliphatic heterocycles. The summed E-state index contributed by atoms with van der Waals surface area (Å²) in [4.78, 5) is 14.6. The van der Waals surface area contributed by atoms with Crippen molar-refractivity contribution in [2.75, 3.05) is 13.2 Å². The van der Waals surface area contributed by atoms with Crippen LogP contribution in [0.5, 0.6) is 0 Å². The van der Waals surface area contributed by atoms with E-state index in [1.807, 2.05) is 6.92 Å². The maximum absolute atomic E-state index is 12.0. The number of carbonyl (C=O) groups is 1. The summed E-state index contributed by atoms with van der Waals surface area (Å²) in [5.41, 5.74) is 5.53. The summed E-state index contributed by atoms with van der Waals surface area (Å²) in [6.45, 7) is 5.69. The minimum Gasteiger partial charge on any atom is -0.465 e. The number of piperidine rings is 1. The molecule has 1 saturated heterocycles. The van der Waals surface area contributed by atoms with E-state index in [-0.39, 0.29) is 5.97 Å². The first-order valence-electron chi connectivity index (χ1n) is 7.82. The average Bonchev–Trinajstić information content (AvgIpc) is 2.83. The molecule has 2 N–H and O–H groups in total. The molecule has 4 nitrogen and oxygen atoms in total. The lowest BCUT2D eigenvalue weighted by Gasteiger charge is -2.40. The number of nitrogens with two attached hydrogens (primary N) is 1. The smallest absolute Gasteiger partial charge is 0.326 e. The summed E-state index contributed by atoms with van der Waals surface area (Å²) in [7, 11) is 0. The summed E-state index contributed by atoms with van der Waals surface area (Å²) in [5, 5.41) is 0. The van der Waals surface area contributed by atoms with Crippen LogP contribution in [-0.2, 0) is 9.53 Å². The fourth-order valence-electron chi connectivity index (χ4n) is 3.73. The van der Waals surface area contributed by atoms with Crippen LogP contribution in [-0.4, -0.2) is 41.6 Å². The highest BCUT2D eigenvalue weighted by Gasteiger charge is 2.46. The molecule has 2 fully saturated rings. The van der Waals surface area contributed by atoms with Gasteiger partial charge in [-0.25, -0.2) is 0 Å². The maximum atomic E-state index is 12.0. The van der Waals surface area contributed by atoms with Crippen molar-refractivity contribution in [2.24, 2.45) is 5.73 Å². The highest BCUT2D eigenvalue weighted by Crippen LogP contribution is 2.35. The highest BCUT2D eigenvalue weighted by atomic mass is 16.5. The first kappa shape index (κ1) is 14.8. The van der Waals surface area contributed by atoms with Crippen LogP contribution in [0.1, 0.15) is 58.8 Å². The van der Waals surface area contributed by atoms with Gasteiger partial charge < -0.3 is 10.5 Å². The Morgan fingerprint density at radius 2 is 2.16 bits per heavy atom. The molecular weight excluding hydrogens is 240 g/mol. The number of nitrogens with zero attached hydrogens (tertiary/aromatic N) is 1. The van der Waals surface area contributed by atoms with E-state index in [0.29, 0.717) is 18.7 Å². The molecule has 19 heavy (non-hydrogen) atoms. The Morgan fingerprint density at radius 1 is 1.37 bits per heavy atom. The number of hydrogen-bond donors (Lipinski definition) is 1. The lowest BCUT2D eigenvalue weighted by atomic mass is 9.95. The van der Waals surface area contributed by atoms with Crippen LogP contribution >= 0.6 is 0 Å². The second-order valence-electron chi connectivity index (χ2n) is 6.07. The molecule has 3 atom stereocenters. The van der Waals surface area contributed by atoms with Crippen LogP contribution in [0, 0.1) is 0 Å². The molecule has 4 heteroatoms. The number of ether oxygens (including phenoxy) is 1. The first-order chi connectivity index (χ1) is 9.10. The Kier molecular flexibility index (Phi) is 4.85. The van der Waals surface area contributed by atoms with Gasteiger partial charge in [0, 0.05) is 12.1 Å². The minimum atomic E-state index is -0.740. The summed E-state index contributed by atoms with van der Waals surface area (Å²) in [6.07, 6.45) is 7.69. The van der Waals surface area contributed by atoms with Crippen molar-refractivity contribution in [3.05, 3.63) is 0 Å². The summed E-state index contributed by atoms with van der Waals surface area (Å²) in [5.74, 6) is -0.206. The summed E-state index contributed by atoms with van der Waals surface area (Å²) < 4.78 is 5.14. The normalized spacial score (nSPS) is 36.4. The third-order valence-electron chi connectivity index (χ3n) is 4.82. The van der Waals surface area contributed by atoms with Gasteiger partial charge in [-0.3, -0.25) is 9.69 Å². The lowest BCUT2D eigenvalue weighted by Crippen LogP contribution is -2.50. The molecule has 1 aliphatic carbocycles. The number of esters is 1. The van der Waals surface area contributed by atoms with Crippen LogP contribution in [0.4, 0.5) is 0 Å². The Bertz CT molecular complexity index is 321. The van der Waals surface area contributed by atoms with Gasteiger partial charge in [-0.2, -0.15) is 0 Å². The van der Waals surface area contributed by atoms with Crippen LogP contribution in [0.25, 0.3) is 0 Å². The second kappa shape index (κ2) is 6.23. The van der Waals surface area contributed by atoms with E-state index in [1.54, 1.807) is 0 Å². The molecule has 0 spiro atoms. The van der Waals surface area contributed by atoms with Crippen LogP contribution < -0.4 is 5.73 Å². The van der Waals surface area contributed by atoms with Crippen LogP contribution in [0.15, 0.2) is 0 Å². The van der Waals surface area contributed by atoms with Gasteiger partial charge in [-0.15, -0.1) is 0 Å². The van der Waals surface area contributed by atoms with Crippen LogP contribution in [0.2, 0.25) is 0 Å². The van der Waals surface area contributed by atoms with E-state index < -0.39 is 5.54 Å². The van der Waals surface area contributed by atoms with E-state index in [9.17, 15) is 4.79 Å². The van der Waals surface area contributed by atoms with Gasteiger partial charge in [0.1, 0.15) is 5.54 Å². The third kappa shape index (κ3) is 3.11. The topological polar surface area (TPSA) is 55.6 Å². The van der Waals surface area contributed by atoms with Gasteiger partial charge in [0.2, 0.25) is 0 Å². The van der Waals surface area contributed by atoms with E-state index >= 15 is 0 Å². The van der Waals surface area contributed by atoms with Gasteiger partial charge in [-0.1, -0.05) is 13.3 Å². The highest BCUT2D eigenvalue weighted by molar-refractivity contribution is 5.81. The zero-order valence-corrected chi connectivity index (χ0v) is 12.4. The molecule has 0 bridgehead atoms. The summed E-state index contributed by atoms with van der Waals surface area (Å²) in [6, 6.07) is 1.16. The fourth-order valence-corrected chi connectivity index (χ4v) is 3.73. The van der Waals surface area contributed by atoms with Crippen molar-refractivity contribution in [3.63, 3.8) is 0 Å². The Labute approximate surface area is 116 Å². The molecule has 2 rings (SSSR count). The molecule has 0 radical (unpaired) electrons. The molecule has 0 aromatic carbocycles. The van der Waals surface area contributed by atoms with Gasteiger partial charge in [0.25, 0.3) is 0 Å². The number of carbonyl (C=O) groups excluding carboxylic acids is 1. The zero-order chi connectivity index (χ0) is 13.9. The Balaban J connectivity index is 1.98. The van der Waals surface area contributed by atoms with E-state index in [1.165, 1.54) is 32.2 Å². The van der Waals surface area contributed by atoms with Crippen molar-refractivity contribution < 1.29 is 9.53 Å². The van der Waals surface area contributed by atoms with Crippen molar-refractivity contribution in [3.8, 4) is 0 Å². The second-order valence-corrected chi connectivity index (χ2v) is 6.07. The molecular formula is C15H28N2O2. The molecule has 1 heterocycles. The number of hydrogen-bond acceptors (Lipinski definition) is 4. The van der Waals surface area contributed by atoms with Gasteiger partial charge in [0.05, 0.1) is 6.61 Å². The Morgan fingerprint density at radius 3 is 2.84 bits per heavy atom. The third-order valence-corrected chi connectivity index (χ3v) is 4.82.